The van der Waals surface area contributed by atoms with E-state index in [0.717, 1.165) is 32.8 Å². The number of nitriles is 1. The lowest BCUT2D eigenvalue weighted by Crippen LogP contribution is -2.46. The largest absolute Gasteiger partial charge is 0.489 e. The minimum atomic E-state index is -0.681. The molecule has 0 amide bonds. The zero-order chi connectivity index (χ0) is 37.1. The van der Waals surface area contributed by atoms with Crippen molar-refractivity contribution in [1.29, 1.82) is 5.26 Å². The maximum atomic E-state index is 9.51. The molecule has 0 saturated carbocycles. The quantitative estimate of drug-likeness (QED) is 0.168. The summed E-state index contributed by atoms with van der Waals surface area (Å²) in [6.07, 6.45) is 0.617. The molecular formula is C44H40B2ClNO4S. The smallest absolute Gasteiger partial charge is 0.405 e. The summed E-state index contributed by atoms with van der Waals surface area (Å²) in [6, 6.07) is 38.7. The van der Waals surface area contributed by atoms with Crippen LogP contribution in [-0.4, -0.2) is 36.4 Å². The number of rotatable bonds is 4. The van der Waals surface area contributed by atoms with Crippen LogP contribution in [0.2, 0.25) is 5.02 Å². The predicted octanol–water partition coefficient (Wildman–Crippen LogP) is 10.5. The van der Waals surface area contributed by atoms with E-state index in [9.17, 15) is 5.26 Å². The van der Waals surface area contributed by atoms with Gasteiger partial charge in [-0.25, -0.2) is 0 Å². The highest BCUT2D eigenvalue weighted by Gasteiger charge is 2.65. The minimum absolute atomic E-state index is 0.495. The van der Waals surface area contributed by atoms with Gasteiger partial charge in [0.05, 0.1) is 39.5 Å². The maximum Gasteiger partial charge on any atom is 0.489 e. The van der Waals surface area contributed by atoms with Gasteiger partial charge in [0, 0.05) is 26.8 Å². The average molecular weight is 736 g/mol. The van der Waals surface area contributed by atoms with Crippen LogP contribution in [0.15, 0.2) is 113 Å². The first-order valence-electron chi connectivity index (χ1n) is 18.2. The molecule has 9 rings (SSSR count). The molecule has 1 aliphatic carbocycles. The van der Waals surface area contributed by atoms with Crippen LogP contribution >= 0.6 is 23.4 Å². The van der Waals surface area contributed by atoms with Gasteiger partial charge in [0.15, 0.2) is 0 Å². The van der Waals surface area contributed by atoms with E-state index in [1.54, 1.807) is 0 Å². The van der Waals surface area contributed by atoms with Crippen LogP contribution in [0, 0.1) is 11.3 Å². The van der Waals surface area contributed by atoms with Gasteiger partial charge in [-0.3, -0.25) is 0 Å². The second-order valence-electron chi connectivity index (χ2n) is 16.4. The maximum absolute atomic E-state index is 9.51. The first-order valence-corrected chi connectivity index (χ1v) is 19.4. The summed E-state index contributed by atoms with van der Waals surface area (Å²) in [5.41, 5.74) is 8.14. The van der Waals surface area contributed by atoms with E-state index < -0.39 is 41.8 Å². The Labute approximate surface area is 322 Å². The summed E-state index contributed by atoms with van der Waals surface area (Å²) in [5.74, 6) is 0. The fourth-order valence-corrected chi connectivity index (χ4v) is 10.3. The molecule has 0 radical (unpaired) electrons. The lowest BCUT2D eigenvalue weighted by molar-refractivity contribution is -0.00879. The van der Waals surface area contributed by atoms with Crippen molar-refractivity contribution in [1.82, 2.24) is 0 Å². The monoisotopic (exact) mass is 735 g/mol. The van der Waals surface area contributed by atoms with Gasteiger partial charge in [0.25, 0.3) is 0 Å². The Bertz CT molecular complexity index is 2360. The van der Waals surface area contributed by atoms with E-state index in [4.69, 9.17) is 30.2 Å². The van der Waals surface area contributed by atoms with Crippen molar-refractivity contribution in [2.45, 2.75) is 92.5 Å². The van der Waals surface area contributed by atoms with Gasteiger partial charge < -0.3 is 18.6 Å². The van der Waals surface area contributed by atoms with Crippen molar-refractivity contribution in [3.8, 4) is 28.3 Å². The van der Waals surface area contributed by atoms with Gasteiger partial charge in [0.2, 0.25) is 0 Å². The molecule has 5 nitrogen and oxygen atoms in total. The van der Waals surface area contributed by atoms with Gasteiger partial charge >= 0.3 is 14.0 Å². The molecule has 0 bridgehead atoms. The number of benzene rings is 5. The molecule has 264 valence electrons. The highest BCUT2D eigenvalue weighted by atomic mass is 35.5. The van der Waals surface area contributed by atoms with Gasteiger partial charge in [-0.05, 0) is 117 Å². The molecule has 3 aliphatic heterocycles. The molecular weight excluding hydrogens is 696 g/mol. The number of hydrogen-bond acceptors (Lipinski definition) is 6. The second kappa shape index (κ2) is 11.8. The number of hydrogen-bond donors (Lipinski definition) is 0. The van der Waals surface area contributed by atoms with Crippen LogP contribution in [0.5, 0.6) is 0 Å². The molecule has 9 heteroatoms. The fraction of sp³-hybridized carbons (Fsp3) is 0.295. The van der Waals surface area contributed by atoms with Gasteiger partial charge in [0.1, 0.15) is 0 Å². The molecule has 2 unspecified atom stereocenters. The highest BCUT2D eigenvalue weighted by molar-refractivity contribution is 7.99. The van der Waals surface area contributed by atoms with Crippen molar-refractivity contribution >= 4 is 37.4 Å². The van der Waals surface area contributed by atoms with Crippen LogP contribution in [0.4, 0.5) is 0 Å². The van der Waals surface area contributed by atoms with Crippen LogP contribution < -0.4 is 0 Å². The van der Waals surface area contributed by atoms with Crippen LogP contribution in [-0.2, 0) is 30.5 Å². The Morgan fingerprint density at radius 2 is 1.26 bits per heavy atom. The molecule has 2 atom stereocenters. The number of nitrogens with zero attached hydrogens (tertiary/aromatic N) is 1. The van der Waals surface area contributed by atoms with Crippen LogP contribution in [0.25, 0.3) is 22.3 Å². The van der Waals surface area contributed by atoms with Crippen molar-refractivity contribution in [3.05, 3.63) is 142 Å². The molecule has 1 spiro atoms. The Balaban J connectivity index is 1.20. The van der Waals surface area contributed by atoms with Gasteiger partial charge in [-0.2, -0.15) is 5.26 Å². The van der Waals surface area contributed by atoms with Crippen LogP contribution in [0.1, 0.15) is 81.8 Å². The zero-order valence-electron chi connectivity index (χ0n) is 31.0. The van der Waals surface area contributed by atoms with Gasteiger partial charge in [-0.15, -0.1) is 0 Å². The summed E-state index contributed by atoms with van der Waals surface area (Å²) in [6.45, 7) is 14.5. The van der Waals surface area contributed by atoms with Crippen LogP contribution in [0.3, 0.4) is 0 Å². The molecule has 53 heavy (non-hydrogen) atoms. The minimum Gasteiger partial charge on any atom is -0.405 e. The molecule has 3 heterocycles. The number of fused-ring (bicyclic) bond motifs is 9. The van der Waals surface area contributed by atoms with E-state index in [0.29, 0.717) is 12.0 Å². The first kappa shape index (κ1) is 34.9. The Morgan fingerprint density at radius 1 is 0.642 bits per heavy atom. The van der Waals surface area contributed by atoms with E-state index in [-0.39, 0.29) is 0 Å². The Kier molecular flexibility index (Phi) is 7.81. The summed E-state index contributed by atoms with van der Waals surface area (Å²) in [7, 11) is -1.30. The summed E-state index contributed by atoms with van der Waals surface area (Å²) in [4.78, 5) is 2.39. The van der Waals surface area contributed by atoms with Crippen molar-refractivity contribution in [2.75, 3.05) is 0 Å². The van der Waals surface area contributed by atoms with Gasteiger partial charge in [-0.1, -0.05) is 102 Å². The molecule has 4 aliphatic rings. The lowest BCUT2D eigenvalue weighted by atomic mass is 9.49. The Morgan fingerprint density at radius 3 is 2.00 bits per heavy atom. The third-order valence-electron chi connectivity index (χ3n) is 12.5. The first-order chi connectivity index (χ1) is 25.2. The molecule has 0 aromatic heterocycles. The summed E-state index contributed by atoms with van der Waals surface area (Å²) in [5, 5.41) is 10.3. The normalized spacial score (nSPS) is 24.1. The summed E-state index contributed by atoms with van der Waals surface area (Å²) >= 11 is 8.93. The van der Waals surface area contributed by atoms with Crippen molar-refractivity contribution in [2.24, 2.45) is 0 Å². The van der Waals surface area contributed by atoms with E-state index in [1.165, 1.54) is 32.0 Å². The van der Waals surface area contributed by atoms with Crippen molar-refractivity contribution < 1.29 is 18.6 Å². The molecule has 2 fully saturated rings. The third kappa shape index (κ3) is 5.02. The summed E-state index contributed by atoms with van der Waals surface area (Å²) < 4.78 is 26.2. The van der Waals surface area contributed by atoms with E-state index in [1.807, 2.05) is 57.7 Å². The average Bonchev–Trinajstić information content (AvgIpc) is 3.65. The second-order valence-corrected chi connectivity index (χ2v) is 17.9. The van der Waals surface area contributed by atoms with Crippen molar-refractivity contribution in [3.63, 3.8) is 0 Å². The topological polar surface area (TPSA) is 60.7 Å². The zero-order valence-corrected chi connectivity index (χ0v) is 32.6. The molecule has 5 aromatic rings. The number of halogens is 1. The lowest BCUT2D eigenvalue weighted by Gasteiger charge is -2.41. The highest BCUT2D eigenvalue weighted by Crippen LogP contribution is 2.64. The third-order valence-corrected chi connectivity index (χ3v) is 14.1. The Hall–Kier alpha value is -3.80. The molecule has 0 N–H and O–H groups in total. The SMILES string of the molecule is CC1(C)OB(B2OC(C)(C)C(C)(Cc3ccc4c(c3)C3(c5ccccc5-c5c(Cl)cccc53)c3cccc(-c5ccc(C#N)cc5)c3S4)O2)OC1(C)C. The standard InChI is InChI=1S/C44H40B2ClNO4S/c1-40(2)41(3,4)50-45(49-40)46-51-42(5,6)43(7,52-46)25-28-20-23-37-35(24-28)44(32-14-9-8-12-31(32)38-33(44)15-11-17-36(38)47)34-16-10-13-30(39(34)53-37)29-21-18-27(26-48)19-22-29/h8-24H,25H2,1-7H3. The van der Waals surface area contributed by atoms with E-state index >= 15 is 0 Å². The predicted molar refractivity (Wildman–Crippen MR) is 213 cm³/mol. The molecule has 2 saturated heterocycles. The fourth-order valence-electron chi connectivity index (χ4n) is 8.67. The van der Waals surface area contributed by atoms with E-state index in [2.05, 4.69) is 112 Å². The molecule has 5 aromatic carbocycles.